The molecule has 3 rings (SSSR count). The number of carbonyl (C=O) groups excluding carboxylic acids is 2. The summed E-state index contributed by atoms with van der Waals surface area (Å²) in [7, 11) is -5.90. The largest absolute Gasteiger partial charge is 0.405 e. The number of rotatable bonds is 7. The van der Waals surface area contributed by atoms with Crippen molar-refractivity contribution in [2.45, 2.75) is 96.0 Å². The molecule has 0 bridgehead atoms. The Bertz CT molecular complexity index is 1290. The summed E-state index contributed by atoms with van der Waals surface area (Å²) in [4.78, 5) is 21.5. The van der Waals surface area contributed by atoms with Gasteiger partial charge in [-0.3, -0.25) is 9.59 Å². The molecule has 6 atom stereocenters. The summed E-state index contributed by atoms with van der Waals surface area (Å²) in [5.74, 6) is -8.01. The molecule has 0 aliphatic carbocycles. The molecule has 262 valence electrons. The predicted molar refractivity (Wildman–Crippen MR) is 142 cm³/mol. The normalized spacial score (nSPS) is 24.3. The third-order valence-electron chi connectivity index (χ3n) is 5.42. The molecule has 0 radical (unpaired) electrons. The Morgan fingerprint density at radius 1 is 0.854 bits per heavy atom. The molecule has 2 aliphatic heterocycles. The Morgan fingerprint density at radius 2 is 1.23 bits per heavy atom. The molecule has 0 spiro atoms. The monoisotopic (exact) mass is 834 g/mol. The molecule has 0 amide bonds. The summed E-state index contributed by atoms with van der Waals surface area (Å²) in [5.41, 5.74) is 0.759. The van der Waals surface area contributed by atoms with Crippen LogP contribution in [0.4, 0.5) is 17.6 Å². The van der Waals surface area contributed by atoms with Crippen LogP contribution in [0.3, 0.4) is 0 Å². The van der Waals surface area contributed by atoms with Crippen LogP contribution in [0.5, 0.6) is 0 Å². The summed E-state index contributed by atoms with van der Waals surface area (Å²) < 4.78 is 141. The molecule has 2 unspecified atom stereocenters. The Kier molecular flexibility index (Phi) is 30.2. The zero-order valence-corrected chi connectivity index (χ0v) is 36.1. The molecule has 1 N–H and O–H groups in total. The standard InChI is InChI=1S/C15H18F2O4.C8H12F2O4.BrO3.3Na.O4S2/c1-3-12-15(16,17)13(14(21-12)20-10(2)18)19-9-11-7-5-4-6-8-11;1-3-5-8(9,10)6(12)7(14-5)13-4(2)11;2-1(3)4;;;;1-5(2)6(3)4/h4-8,12-14H,3,9H2,1-2H3;5-7,12H,3H2,1-2H3;;;;;/q;;-1;;;+1;/t12-,13+,14?;5-,6+,7?;;;;;/m11...../s1. The molecule has 15 nitrogen and oxygen atoms in total. The van der Waals surface area contributed by atoms with Crippen LogP contribution in [0.15, 0.2) is 30.3 Å². The Labute approximate surface area is 331 Å². The Balaban J connectivity index is -0.000000646. The van der Waals surface area contributed by atoms with Gasteiger partial charge in [0.15, 0.2) is 12.2 Å². The van der Waals surface area contributed by atoms with Crippen molar-refractivity contribution in [3.05, 3.63) is 35.9 Å². The van der Waals surface area contributed by atoms with Gasteiger partial charge in [-0.1, -0.05) is 44.2 Å². The number of aliphatic hydroxyl groups is 1. The number of aliphatic hydroxyl groups excluding tert-OH is 1. The molecular formula is C23H30BrF4Na3O15S2. The van der Waals surface area contributed by atoms with Gasteiger partial charge >= 0.3 is 115 Å². The smallest absolute Gasteiger partial charge is 0.216 e. The predicted octanol–water partition coefficient (Wildman–Crippen LogP) is -5.08. The van der Waals surface area contributed by atoms with E-state index in [0.29, 0.717) is 0 Å². The van der Waals surface area contributed by atoms with Crippen molar-refractivity contribution in [1.82, 2.24) is 0 Å². The van der Waals surface area contributed by atoms with Gasteiger partial charge in [0, 0.05) is 13.8 Å². The number of esters is 2. The van der Waals surface area contributed by atoms with Crippen molar-refractivity contribution in [3.8, 4) is 0 Å². The number of halogens is 5. The average molecular weight is 835 g/mol. The van der Waals surface area contributed by atoms with E-state index >= 15 is 0 Å². The van der Waals surface area contributed by atoms with Crippen molar-refractivity contribution in [2.24, 2.45) is 0 Å². The van der Waals surface area contributed by atoms with Gasteiger partial charge in [-0.15, -0.1) is 0 Å². The second-order valence-electron chi connectivity index (χ2n) is 8.63. The van der Waals surface area contributed by atoms with E-state index in [1.165, 1.54) is 50.5 Å². The van der Waals surface area contributed by atoms with E-state index in [2.05, 4.69) is 4.74 Å². The minimum atomic E-state index is -3.65. The zero-order chi connectivity index (χ0) is 37.1. The van der Waals surface area contributed by atoms with Crippen LogP contribution in [0, 0.1) is 14.8 Å². The number of benzene rings is 1. The number of ether oxygens (including phenoxy) is 5. The maximum absolute atomic E-state index is 14.2. The maximum atomic E-state index is 14.2. The van der Waals surface area contributed by atoms with Gasteiger partial charge in [-0.25, -0.2) is 17.6 Å². The van der Waals surface area contributed by atoms with Gasteiger partial charge in [0.2, 0.25) is 27.4 Å². The number of hydrogen-bond acceptors (Lipinski definition) is 15. The molecule has 2 aliphatic rings. The quantitative estimate of drug-likeness (QED) is 0.154. The van der Waals surface area contributed by atoms with Crippen LogP contribution in [-0.4, -0.2) is 126 Å². The van der Waals surface area contributed by atoms with Crippen molar-refractivity contribution >= 4 is 74.1 Å². The third kappa shape index (κ3) is 20.1. The van der Waals surface area contributed by atoms with Gasteiger partial charge in [-0.2, -0.15) is 16.8 Å². The molecule has 48 heavy (non-hydrogen) atoms. The molecule has 2 saturated heterocycles. The van der Waals surface area contributed by atoms with Gasteiger partial charge in [0.05, 0.1) is 6.61 Å². The molecule has 1 aromatic rings. The van der Waals surface area contributed by atoms with E-state index in [9.17, 15) is 27.2 Å². The van der Waals surface area contributed by atoms with Crippen LogP contribution in [0.2, 0.25) is 0 Å². The minimum Gasteiger partial charge on any atom is -0.405 e. The summed E-state index contributed by atoms with van der Waals surface area (Å²) >= 11 is -0.757. The van der Waals surface area contributed by atoms with Crippen LogP contribution in [0.1, 0.15) is 46.1 Å². The second kappa shape index (κ2) is 27.3. The van der Waals surface area contributed by atoms with Crippen molar-refractivity contribution in [1.29, 1.82) is 0 Å². The van der Waals surface area contributed by atoms with Gasteiger partial charge in [-0.05, 0) is 18.4 Å². The summed E-state index contributed by atoms with van der Waals surface area (Å²) in [6, 6.07) is 8.95. The first-order chi connectivity index (χ1) is 21.7. The minimum absolute atomic E-state index is 0. The molecule has 1 aromatic carbocycles. The first-order valence-electron chi connectivity index (χ1n) is 13.4. The molecule has 2 heterocycles. The molecule has 0 aromatic heterocycles. The summed E-state index contributed by atoms with van der Waals surface area (Å²) in [6.45, 7) is 5.30. The Hall–Kier alpha value is 0.720. The fraction of sp³-hybridized carbons (Fsp3) is 0.652. The van der Waals surface area contributed by atoms with E-state index in [-0.39, 0.29) is 49.0 Å². The summed E-state index contributed by atoms with van der Waals surface area (Å²) in [5, 5.41) is 9.11. The van der Waals surface area contributed by atoms with Crippen molar-refractivity contribution in [3.63, 3.8) is 0 Å². The fourth-order valence-corrected chi connectivity index (χ4v) is 3.58. The van der Waals surface area contributed by atoms with Crippen molar-refractivity contribution < 1.29 is 130 Å². The van der Waals surface area contributed by atoms with Crippen LogP contribution >= 0.6 is 0 Å². The van der Waals surface area contributed by atoms with E-state index in [1.807, 2.05) is 6.07 Å². The van der Waals surface area contributed by atoms with E-state index in [1.54, 1.807) is 31.2 Å². The third-order valence-corrected chi connectivity index (χ3v) is 6.31. The topological polar surface area (TPSA) is 238 Å². The van der Waals surface area contributed by atoms with Gasteiger partial charge < -0.3 is 41.4 Å². The maximum Gasteiger partial charge on any atom is 0.216 e. The first-order valence-corrected chi connectivity index (χ1v) is 26.0. The SMILES string of the molecule is CC[C@H]1OC(OC(C)=O)[C@H](O)C1(F)F.CC[C@H]1OC(OC(C)=O)[C@H](OCc2ccccc2)C1(F)F.O=S(=O)=S(=O)=O.[Na+].[Na][Na].[O-][Br+2]([O-])[O-]. The Morgan fingerprint density at radius 3 is 1.58 bits per heavy atom. The fourth-order valence-electron chi connectivity index (χ4n) is 3.58. The summed E-state index contributed by atoms with van der Waals surface area (Å²) in [6.07, 6.45) is -9.20. The van der Waals surface area contributed by atoms with E-state index in [0.717, 1.165) is 19.4 Å². The van der Waals surface area contributed by atoms with Gasteiger partial charge in [0.1, 0.15) is 12.2 Å². The molecule has 2 fully saturated rings. The van der Waals surface area contributed by atoms with E-state index in [4.69, 9.17) is 53.5 Å². The second-order valence-corrected chi connectivity index (χ2v) is 11.9. The van der Waals surface area contributed by atoms with Crippen LogP contribution < -0.4 is 42.2 Å². The van der Waals surface area contributed by atoms with Gasteiger partial charge in [0.25, 0.3) is 0 Å². The zero-order valence-electron chi connectivity index (χ0n) is 26.8. The molecule has 0 saturated carbocycles. The molecular weight excluding hydrogens is 805 g/mol. The van der Waals surface area contributed by atoms with Crippen LogP contribution in [-0.2, 0) is 58.4 Å². The van der Waals surface area contributed by atoms with E-state index < -0.39 is 94.1 Å². The number of alkyl halides is 4. The molecule has 25 heteroatoms. The average Bonchev–Trinajstić information content (AvgIpc) is 3.34. The number of carbonyl (C=O) groups is 2. The van der Waals surface area contributed by atoms with Crippen LogP contribution in [0.25, 0.3) is 0 Å². The number of hydrogen-bond donors (Lipinski definition) is 1. The van der Waals surface area contributed by atoms with Crippen molar-refractivity contribution in [2.75, 3.05) is 0 Å². The first kappa shape index (κ1) is 53.1.